The summed E-state index contributed by atoms with van der Waals surface area (Å²) in [5, 5.41) is 3.41. The van der Waals surface area contributed by atoms with Crippen LogP contribution in [-0.2, 0) is 9.47 Å². The van der Waals surface area contributed by atoms with Gasteiger partial charge < -0.3 is 14.4 Å². The van der Waals surface area contributed by atoms with E-state index in [0.29, 0.717) is 12.0 Å². The smallest absolute Gasteiger partial charge is 0.141 e. The lowest BCUT2D eigenvalue weighted by atomic mass is 10.1. The Bertz CT molecular complexity index is 704. The average molecular weight is 347 g/mol. The lowest BCUT2D eigenvalue weighted by molar-refractivity contribution is 0.0131. The lowest BCUT2D eigenvalue weighted by Crippen LogP contribution is -2.38. The summed E-state index contributed by atoms with van der Waals surface area (Å²) < 4.78 is 11.6. The molecule has 0 N–H and O–H groups in total. The molecule has 0 amide bonds. The van der Waals surface area contributed by atoms with Gasteiger partial charge in [0.15, 0.2) is 0 Å². The summed E-state index contributed by atoms with van der Waals surface area (Å²) in [5.41, 5.74) is 1.28. The van der Waals surface area contributed by atoms with Crippen molar-refractivity contribution in [2.24, 2.45) is 5.92 Å². The highest BCUT2D eigenvalue weighted by Gasteiger charge is 2.25. The van der Waals surface area contributed by atoms with Gasteiger partial charge in [-0.2, -0.15) is 0 Å². The Balaban J connectivity index is 1.41. The zero-order chi connectivity index (χ0) is 16.5. The number of anilines is 1. The Morgan fingerprint density at radius 3 is 2.83 bits per heavy atom. The molecule has 0 unspecified atom stereocenters. The molecule has 24 heavy (non-hydrogen) atoms. The van der Waals surface area contributed by atoms with Crippen molar-refractivity contribution in [3.8, 4) is 0 Å². The van der Waals surface area contributed by atoms with Crippen molar-refractivity contribution in [3.63, 3.8) is 0 Å². The second-order valence-electron chi connectivity index (χ2n) is 6.94. The molecular weight excluding hydrogens is 322 g/mol. The second kappa shape index (κ2) is 6.94. The van der Waals surface area contributed by atoms with Crippen molar-refractivity contribution in [1.29, 1.82) is 0 Å². The number of thiophene rings is 1. The zero-order valence-electron chi connectivity index (χ0n) is 14.5. The van der Waals surface area contributed by atoms with Gasteiger partial charge in [-0.1, -0.05) is 0 Å². The summed E-state index contributed by atoms with van der Waals surface area (Å²) in [7, 11) is 0. The predicted molar refractivity (Wildman–Crippen MR) is 97.0 cm³/mol. The SMILES string of the molecule is Cc1nc(N2CCC(OC[C@H]3CCOC3)CC2)c2c(C)csc2n1. The molecule has 2 aliphatic rings. The van der Waals surface area contributed by atoms with Crippen molar-refractivity contribution in [2.45, 2.75) is 39.2 Å². The van der Waals surface area contributed by atoms with Crippen LogP contribution < -0.4 is 4.90 Å². The van der Waals surface area contributed by atoms with Crippen LogP contribution in [0.2, 0.25) is 0 Å². The second-order valence-corrected chi connectivity index (χ2v) is 7.80. The van der Waals surface area contributed by atoms with Crippen molar-refractivity contribution in [3.05, 3.63) is 16.8 Å². The van der Waals surface area contributed by atoms with Crippen LogP contribution in [0.5, 0.6) is 0 Å². The van der Waals surface area contributed by atoms with Gasteiger partial charge in [-0.15, -0.1) is 11.3 Å². The number of fused-ring (bicyclic) bond motifs is 1. The summed E-state index contributed by atoms with van der Waals surface area (Å²) in [5.74, 6) is 2.57. The van der Waals surface area contributed by atoms with Crippen LogP contribution in [0.1, 0.15) is 30.7 Å². The van der Waals surface area contributed by atoms with E-state index in [1.165, 1.54) is 10.9 Å². The Hall–Kier alpha value is -1.24. The van der Waals surface area contributed by atoms with Crippen LogP contribution in [0, 0.1) is 19.8 Å². The lowest BCUT2D eigenvalue weighted by Gasteiger charge is -2.33. The zero-order valence-corrected chi connectivity index (χ0v) is 15.3. The fourth-order valence-corrected chi connectivity index (χ4v) is 4.58. The van der Waals surface area contributed by atoms with Crippen LogP contribution in [0.15, 0.2) is 5.38 Å². The first kappa shape index (κ1) is 16.2. The van der Waals surface area contributed by atoms with Crippen LogP contribution in [0.25, 0.3) is 10.2 Å². The monoisotopic (exact) mass is 347 g/mol. The third kappa shape index (κ3) is 3.27. The maximum absolute atomic E-state index is 6.13. The van der Waals surface area contributed by atoms with Gasteiger partial charge in [0.2, 0.25) is 0 Å². The molecule has 1 atom stereocenters. The number of aromatic nitrogens is 2. The van der Waals surface area contributed by atoms with Gasteiger partial charge in [0.25, 0.3) is 0 Å². The number of rotatable bonds is 4. The Morgan fingerprint density at radius 2 is 2.08 bits per heavy atom. The van der Waals surface area contributed by atoms with Crippen molar-refractivity contribution < 1.29 is 9.47 Å². The average Bonchev–Trinajstić information content (AvgIpc) is 3.23. The number of aryl methyl sites for hydroxylation is 2. The Kier molecular flexibility index (Phi) is 4.70. The summed E-state index contributed by atoms with van der Waals surface area (Å²) in [6.07, 6.45) is 3.67. The van der Waals surface area contributed by atoms with Gasteiger partial charge in [0, 0.05) is 25.6 Å². The highest BCUT2D eigenvalue weighted by atomic mass is 32.1. The topological polar surface area (TPSA) is 47.5 Å². The summed E-state index contributed by atoms with van der Waals surface area (Å²) in [6, 6.07) is 0. The van der Waals surface area contributed by atoms with Crippen molar-refractivity contribution >= 4 is 27.4 Å². The van der Waals surface area contributed by atoms with Gasteiger partial charge >= 0.3 is 0 Å². The first-order valence-corrected chi connectivity index (χ1v) is 9.75. The molecule has 0 saturated carbocycles. The quantitative estimate of drug-likeness (QED) is 0.849. The van der Waals surface area contributed by atoms with E-state index in [0.717, 1.165) is 68.6 Å². The highest BCUT2D eigenvalue weighted by Crippen LogP contribution is 2.33. The molecule has 4 rings (SSSR count). The Labute approximate surface area is 147 Å². The van der Waals surface area contributed by atoms with E-state index in [9.17, 15) is 0 Å². The molecule has 4 heterocycles. The van der Waals surface area contributed by atoms with Gasteiger partial charge in [-0.25, -0.2) is 9.97 Å². The maximum Gasteiger partial charge on any atom is 0.141 e. The van der Waals surface area contributed by atoms with Crippen LogP contribution in [0.4, 0.5) is 5.82 Å². The fraction of sp³-hybridized carbons (Fsp3) is 0.667. The number of ether oxygens (including phenoxy) is 2. The molecular formula is C18H25N3O2S. The standard InChI is InChI=1S/C18H25N3O2S/c1-12-11-24-18-16(12)17(19-13(2)20-18)21-6-3-15(4-7-21)23-10-14-5-8-22-9-14/h11,14-15H,3-10H2,1-2H3/t14-/m0/s1. The van der Waals surface area contributed by atoms with Crippen LogP contribution in [0.3, 0.4) is 0 Å². The Morgan fingerprint density at radius 1 is 1.25 bits per heavy atom. The first-order chi connectivity index (χ1) is 11.7. The van der Waals surface area contributed by atoms with E-state index in [1.54, 1.807) is 11.3 Å². The molecule has 0 aromatic carbocycles. The maximum atomic E-state index is 6.13. The van der Waals surface area contributed by atoms with E-state index in [-0.39, 0.29) is 0 Å². The minimum Gasteiger partial charge on any atom is -0.381 e. The third-order valence-electron chi connectivity index (χ3n) is 5.04. The number of piperidine rings is 1. The molecule has 5 nitrogen and oxygen atoms in total. The number of hydrogen-bond acceptors (Lipinski definition) is 6. The summed E-state index contributed by atoms with van der Waals surface area (Å²) in [6.45, 7) is 8.77. The molecule has 130 valence electrons. The molecule has 6 heteroatoms. The molecule has 2 fully saturated rings. The van der Waals surface area contributed by atoms with Crippen LogP contribution in [-0.4, -0.2) is 49.0 Å². The normalized spacial score (nSPS) is 22.6. The molecule has 0 bridgehead atoms. The number of hydrogen-bond donors (Lipinski definition) is 0. The van der Waals surface area contributed by atoms with E-state index in [1.807, 2.05) is 6.92 Å². The fourth-order valence-electron chi connectivity index (χ4n) is 3.62. The molecule has 0 radical (unpaired) electrons. The molecule has 0 spiro atoms. The van der Waals surface area contributed by atoms with Gasteiger partial charge in [0.1, 0.15) is 16.5 Å². The molecule has 2 aromatic rings. The van der Waals surface area contributed by atoms with Gasteiger partial charge in [0.05, 0.1) is 24.7 Å². The summed E-state index contributed by atoms with van der Waals surface area (Å²) in [4.78, 5) is 12.9. The largest absolute Gasteiger partial charge is 0.381 e. The predicted octanol–water partition coefficient (Wildman–Crippen LogP) is 3.33. The van der Waals surface area contributed by atoms with Crippen molar-refractivity contribution in [1.82, 2.24) is 9.97 Å². The molecule has 2 aromatic heterocycles. The minimum absolute atomic E-state index is 0.379. The molecule has 2 aliphatic heterocycles. The molecule has 2 saturated heterocycles. The highest BCUT2D eigenvalue weighted by molar-refractivity contribution is 7.17. The van der Waals surface area contributed by atoms with E-state index >= 15 is 0 Å². The van der Waals surface area contributed by atoms with E-state index < -0.39 is 0 Å². The first-order valence-electron chi connectivity index (χ1n) is 8.87. The van der Waals surface area contributed by atoms with Crippen molar-refractivity contribution in [2.75, 3.05) is 37.8 Å². The van der Waals surface area contributed by atoms with E-state index in [2.05, 4.69) is 22.2 Å². The van der Waals surface area contributed by atoms with E-state index in [4.69, 9.17) is 14.5 Å². The van der Waals surface area contributed by atoms with Gasteiger partial charge in [-0.05, 0) is 44.1 Å². The molecule has 0 aliphatic carbocycles. The van der Waals surface area contributed by atoms with Crippen LogP contribution >= 0.6 is 11.3 Å². The number of nitrogens with zero attached hydrogens (tertiary/aromatic N) is 3. The summed E-state index contributed by atoms with van der Waals surface area (Å²) >= 11 is 1.71. The van der Waals surface area contributed by atoms with Gasteiger partial charge in [-0.3, -0.25) is 0 Å². The minimum atomic E-state index is 0.379. The third-order valence-corrected chi connectivity index (χ3v) is 6.03.